The number of ether oxygens (including phenoxy) is 2. The minimum Gasteiger partial charge on any atom is -0.376 e. The first-order valence-electron chi connectivity index (χ1n) is 6.37. The van der Waals surface area contributed by atoms with Gasteiger partial charge in [0.2, 0.25) is 5.91 Å². The molecule has 4 atom stereocenters. The van der Waals surface area contributed by atoms with Gasteiger partial charge in [-0.1, -0.05) is 0 Å². The summed E-state index contributed by atoms with van der Waals surface area (Å²) in [5, 5.41) is 2.91. The summed E-state index contributed by atoms with van der Waals surface area (Å²) < 4.78 is 10.9. The summed E-state index contributed by atoms with van der Waals surface area (Å²) in [6.07, 6.45) is 2.36. The van der Waals surface area contributed by atoms with Gasteiger partial charge >= 0.3 is 0 Å². The molecule has 1 amide bonds. The lowest BCUT2D eigenvalue weighted by Gasteiger charge is -2.52. The van der Waals surface area contributed by atoms with Gasteiger partial charge in [0.05, 0.1) is 18.2 Å². The SMILES string of the molecule is CC(C)OCC(=O)NC1C(N)C2CCCOC21. The quantitative estimate of drug-likeness (QED) is 0.729. The predicted molar refractivity (Wildman–Crippen MR) is 63.5 cm³/mol. The molecule has 2 fully saturated rings. The molecule has 5 heteroatoms. The topological polar surface area (TPSA) is 73.6 Å². The maximum atomic E-state index is 11.6. The molecule has 0 aromatic rings. The monoisotopic (exact) mass is 242 g/mol. The van der Waals surface area contributed by atoms with E-state index in [4.69, 9.17) is 15.2 Å². The highest BCUT2D eigenvalue weighted by Crippen LogP contribution is 2.36. The van der Waals surface area contributed by atoms with Crippen LogP contribution in [0.25, 0.3) is 0 Å². The number of hydrogen-bond donors (Lipinski definition) is 2. The van der Waals surface area contributed by atoms with Crippen LogP contribution < -0.4 is 11.1 Å². The van der Waals surface area contributed by atoms with E-state index in [1.54, 1.807) is 0 Å². The number of fused-ring (bicyclic) bond motifs is 1. The second-order valence-corrected chi connectivity index (χ2v) is 5.17. The van der Waals surface area contributed by atoms with Crippen LogP contribution in [0, 0.1) is 5.92 Å². The van der Waals surface area contributed by atoms with E-state index in [-0.39, 0.29) is 36.8 Å². The van der Waals surface area contributed by atoms with Crippen molar-refractivity contribution < 1.29 is 14.3 Å². The highest BCUT2D eigenvalue weighted by Gasteiger charge is 2.50. The molecule has 1 aliphatic carbocycles. The molecule has 2 rings (SSSR count). The molecule has 98 valence electrons. The molecule has 0 radical (unpaired) electrons. The number of nitrogens with one attached hydrogen (secondary N) is 1. The van der Waals surface area contributed by atoms with E-state index in [1.165, 1.54) is 0 Å². The molecule has 1 heterocycles. The maximum absolute atomic E-state index is 11.6. The van der Waals surface area contributed by atoms with Crippen molar-refractivity contribution in [3.63, 3.8) is 0 Å². The van der Waals surface area contributed by atoms with Gasteiger partial charge in [0, 0.05) is 18.6 Å². The average Bonchev–Trinajstić information content (AvgIpc) is 2.33. The van der Waals surface area contributed by atoms with Gasteiger partial charge in [-0.15, -0.1) is 0 Å². The van der Waals surface area contributed by atoms with Gasteiger partial charge in [0.15, 0.2) is 0 Å². The van der Waals surface area contributed by atoms with Crippen molar-refractivity contribution in [3.05, 3.63) is 0 Å². The van der Waals surface area contributed by atoms with Gasteiger partial charge < -0.3 is 20.5 Å². The lowest BCUT2D eigenvalue weighted by atomic mass is 9.68. The average molecular weight is 242 g/mol. The van der Waals surface area contributed by atoms with Gasteiger partial charge in [-0.05, 0) is 26.7 Å². The summed E-state index contributed by atoms with van der Waals surface area (Å²) in [5.41, 5.74) is 6.05. The molecule has 0 spiro atoms. The van der Waals surface area contributed by atoms with Crippen molar-refractivity contribution >= 4 is 5.91 Å². The Morgan fingerprint density at radius 3 is 3.06 bits per heavy atom. The van der Waals surface area contributed by atoms with Gasteiger partial charge in [-0.25, -0.2) is 0 Å². The Bertz CT molecular complexity index is 283. The van der Waals surface area contributed by atoms with Crippen LogP contribution in [0.4, 0.5) is 0 Å². The smallest absolute Gasteiger partial charge is 0.246 e. The molecule has 4 unspecified atom stereocenters. The normalized spacial score (nSPS) is 36.2. The zero-order chi connectivity index (χ0) is 12.4. The number of nitrogens with two attached hydrogens (primary N) is 1. The zero-order valence-corrected chi connectivity index (χ0v) is 10.5. The molecule has 2 aliphatic rings. The number of amides is 1. The van der Waals surface area contributed by atoms with E-state index < -0.39 is 0 Å². The summed E-state index contributed by atoms with van der Waals surface area (Å²) in [5.74, 6) is 0.312. The van der Waals surface area contributed by atoms with Crippen molar-refractivity contribution in [2.24, 2.45) is 11.7 Å². The van der Waals surface area contributed by atoms with Crippen molar-refractivity contribution in [2.45, 2.75) is 51.0 Å². The predicted octanol–water partition coefficient (Wildman–Crippen LogP) is 0.0323. The van der Waals surface area contributed by atoms with Crippen LogP contribution in [0.2, 0.25) is 0 Å². The fourth-order valence-electron chi connectivity index (χ4n) is 2.60. The van der Waals surface area contributed by atoms with Crippen molar-refractivity contribution in [1.82, 2.24) is 5.32 Å². The van der Waals surface area contributed by atoms with E-state index in [1.807, 2.05) is 13.8 Å². The third-order valence-corrected chi connectivity index (χ3v) is 3.55. The Balaban J connectivity index is 1.77. The van der Waals surface area contributed by atoms with Gasteiger partial charge in [-0.2, -0.15) is 0 Å². The first-order chi connectivity index (χ1) is 8.09. The van der Waals surface area contributed by atoms with Gasteiger partial charge in [0.25, 0.3) is 0 Å². The fraction of sp³-hybridized carbons (Fsp3) is 0.917. The molecule has 1 saturated heterocycles. The molecule has 1 aliphatic heterocycles. The molecule has 1 saturated carbocycles. The molecular weight excluding hydrogens is 220 g/mol. The Kier molecular flexibility index (Phi) is 4.01. The van der Waals surface area contributed by atoms with E-state index in [0.29, 0.717) is 5.92 Å². The van der Waals surface area contributed by atoms with E-state index in [9.17, 15) is 4.79 Å². The number of carbonyl (C=O) groups is 1. The van der Waals surface area contributed by atoms with Crippen LogP contribution in [0.3, 0.4) is 0 Å². The Labute approximate surface area is 102 Å². The second-order valence-electron chi connectivity index (χ2n) is 5.17. The Morgan fingerprint density at radius 2 is 2.35 bits per heavy atom. The molecule has 3 N–H and O–H groups in total. The van der Waals surface area contributed by atoms with E-state index >= 15 is 0 Å². The first-order valence-corrected chi connectivity index (χ1v) is 6.37. The minimum absolute atomic E-state index is 0.0308. The highest BCUT2D eigenvalue weighted by molar-refractivity contribution is 5.77. The van der Waals surface area contributed by atoms with E-state index in [0.717, 1.165) is 19.4 Å². The van der Waals surface area contributed by atoms with Gasteiger partial charge in [0.1, 0.15) is 6.61 Å². The number of carbonyl (C=O) groups excluding carboxylic acids is 1. The lowest BCUT2D eigenvalue weighted by molar-refractivity contribution is -0.143. The van der Waals surface area contributed by atoms with Crippen LogP contribution in [0.1, 0.15) is 26.7 Å². The summed E-state index contributed by atoms with van der Waals surface area (Å²) in [4.78, 5) is 11.6. The van der Waals surface area contributed by atoms with Crippen LogP contribution >= 0.6 is 0 Å². The highest BCUT2D eigenvalue weighted by atomic mass is 16.5. The third kappa shape index (κ3) is 2.78. The maximum Gasteiger partial charge on any atom is 0.246 e. The molecule has 5 nitrogen and oxygen atoms in total. The second kappa shape index (κ2) is 5.33. The summed E-state index contributed by atoms with van der Waals surface area (Å²) >= 11 is 0. The van der Waals surface area contributed by atoms with Crippen LogP contribution in [-0.2, 0) is 14.3 Å². The minimum atomic E-state index is -0.105. The van der Waals surface area contributed by atoms with Crippen molar-refractivity contribution in [2.75, 3.05) is 13.2 Å². The Morgan fingerprint density at radius 1 is 1.59 bits per heavy atom. The molecule has 0 aromatic heterocycles. The van der Waals surface area contributed by atoms with E-state index in [2.05, 4.69) is 5.32 Å². The Hall–Kier alpha value is -0.650. The lowest BCUT2D eigenvalue weighted by Crippen LogP contribution is -2.72. The molecular formula is C12H22N2O3. The fourth-order valence-corrected chi connectivity index (χ4v) is 2.60. The first kappa shape index (κ1) is 12.8. The van der Waals surface area contributed by atoms with Crippen LogP contribution in [-0.4, -0.2) is 43.4 Å². The summed E-state index contributed by atoms with van der Waals surface area (Å²) in [7, 11) is 0. The molecule has 17 heavy (non-hydrogen) atoms. The summed E-state index contributed by atoms with van der Waals surface area (Å²) in [6.45, 7) is 4.69. The van der Waals surface area contributed by atoms with Crippen molar-refractivity contribution in [3.8, 4) is 0 Å². The van der Waals surface area contributed by atoms with Crippen LogP contribution in [0.5, 0.6) is 0 Å². The standard InChI is InChI=1S/C12H22N2O3/c1-7(2)17-6-9(15)14-11-10(13)8-4-3-5-16-12(8)11/h7-8,10-12H,3-6,13H2,1-2H3,(H,14,15). The largest absolute Gasteiger partial charge is 0.376 e. The third-order valence-electron chi connectivity index (χ3n) is 3.55. The zero-order valence-electron chi connectivity index (χ0n) is 10.5. The molecule has 0 bridgehead atoms. The van der Waals surface area contributed by atoms with Crippen LogP contribution in [0.15, 0.2) is 0 Å². The number of rotatable bonds is 4. The van der Waals surface area contributed by atoms with Crippen molar-refractivity contribution in [1.29, 1.82) is 0 Å². The molecule has 0 aromatic carbocycles. The summed E-state index contributed by atoms with van der Waals surface area (Å²) in [6, 6.07) is -0.00753. The van der Waals surface area contributed by atoms with Gasteiger partial charge in [-0.3, -0.25) is 4.79 Å². The number of hydrogen-bond acceptors (Lipinski definition) is 4.